The van der Waals surface area contributed by atoms with Crippen molar-refractivity contribution in [2.75, 3.05) is 19.7 Å². The molecule has 0 aliphatic carbocycles. The largest absolute Gasteiger partial charge is 0.508 e. The molecule has 2 aromatic rings. The number of hydrogen-bond donors (Lipinski definition) is 2. The number of rotatable bonds is 5. The van der Waals surface area contributed by atoms with Crippen molar-refractivity contribution < 1.29 is 14.9 Å². The van der Waals surface area contributed by atoms with Crippen LogP contribution in [-0.4, -0.2) is 40.4 Å². The second-order valence-corrected chi connectivity index (χ2v) is 7.65. The van der Waals surface area contributed by atoms with Gasteiger partial charge in [0.25, 0.3) is 0 Å². The van der Waals surface area contributed by atoms with Crippen LogP contribution in [0.1, 0.15) is 30.4 Å². The van der Waals surface area contributed by atoms with E-state index < -0.39 is 5.60 Å². The minimum absolute atomic E-state index is 0.246. The molecule has 1 atom stereocenters. The first kappa shape index (κ1) is 19.0. The Kier molecular flexibility index (Phi) is 6.07. The highest BCUT2D eigenvalue weighted by Crippen LogP contribution is 2.29. The molecule has 3 rings (SSSR count). The van der Waals surface area contributed by atoms with E-state index in [1.54, 1.807) is 12.1 Å². The van der Waals surface area contributed by atoms with Gasteiger partial charge >= 0.3 is 0 Å². The van der Waals surface area contributed by atoms with Crippen LogP contribution in [0.4, 0.5) is 0 Å². The number of aromatic hydroxyl groups is 1. The highest BCUT2D eigenvalue weighted by atomic mass is 35.5. The first-order chi connectivity index (χ1) is 12.4. The highest BCUT2D eigenvalue weighted by Gasteiger charge is 2.31. The van der Waals surface area contributed by atoms with E-state index in [9.17, 15) is 10.2 Å². The quantitative estimate of drug-likeness (QED) is 0.824. The van der Waals surface area contributed by atoms with Crippen molar-refractivity contribution in [3.63, 3.8) is 0 Å². The molecule has 1 heterocycles. The zero-order valence-electron chi connectivity index (χ0n) is 15.1. The number of phenols is 1. The van der Waals surface area contributed by atoms with Crippen LogP contribution in [0.3, 0.4) is 0 Å². The lowest BCUT2D eigenvalue weighted by Gasteiger charge is -2.27. The summed E-state index contributed by atoms with van der Waals surface area (Å²) in [7, 11) is 0. The maximum atomic E-state index is 11.0. The van der Waals surface area contributed by atoms with Crippen LogP contribution in [0.15, 0.2) is 42.5 Å². The van der Waals surface area contributed by atoms with Crippen molar-refractivity contribution in [1.82, 2.24) is 4.90 Å². The van der Waals surface area contributed by atoms with Crippen molar-refractivity contribution in [3.05, 3.63) is 58.6 Å². The molecule has 1 saturated heterocycles. The van der Waals surface area contributed by atoms with E-state index in [2.05, 4.69) is 4.90 Å². The summed E-state index contributed by atoms with van der Waals surface area (Å²) in [6, 6.07) is 13.0. The molecule has 0 saturated carbocycles. The SMILES string of the molecule is Cc1ccc(Cl)c(OCC2(O)CCCN(Cc3cccc(O)c3)CC2)c1. The second kappa shape index (κ2) is 8.30. The van der Waals surface area contributed by atoms with Crippen molar-refractivity contribution in [2.24, 2.45) is 0 Å². The fraction of sp³-hybridized carbons (Fsp3) is 0.429. The van der Waals surface area contributed by atoms with E-state index in [1.807, 2.05) is 37.3 Å². The van der Waals surface area contributed by atoms with Gasteiger partial charge in [0.05, 0.1) is 10.6 Å². The molecule has 2 N–H and O–H groups in total. The molecule has 1 aliphatic rings. The summed E-state index contributed by atoms with van der Waals surface area (Å²) in [5, 5.41) is 21.1. The van der Waals surface area contributed by atoms with Crippen LogP contribution in [-0.2, 0) is 6.54 Å². The Morgan fingerprint density at radius 1 is 1.15 bits per heavy atom. The molecular weight excluding hydrogens is 350 g/mol. The fourth-order valence-corrected chi connectivity index (χ4v) is 3.56. The standard InChI is InChI=1S/C21H26ClNO3/c1-16-6-7-19(22)20(12-16)26-15-21(25)8-3-10-23(11-9-21)14-17-4-2-5-18(24)13-17/h2,4-7,12-13,24-25H,3,8-11,14-15H2,1H3. The van der Waals surface area contributed by atoms with Crippen molar-refractivity contribution >= 4 is 11.6 Å². The summed E-state index contributed by atoms with van der Waals surface area (Å²) in [4.78, 5) is 2.31. The van der Waals surface area contributed by atoms with Crippen molar-refractivity contribution in [2.45, 2.75) is 38.3 Å². The molecule has 1 fully saturated rings. The third kappa shape index (κ3) is 5.13. The van der Waals surface area contributed by atoms with E-state index in [0.717, 1.165) is 37.2 Å². The van der Waals surface area contributed by atoms with Crippen LogP contribution < -0.4 is 4.74 Å². The number of aliphatic hydroxyl groups is 1. The summed E-state index contributed by atoms with van der Waals surface area (Å²) >= 11 is 6.18. The van der Waals surface area contributed by atoms with Gasteiger partial charge < -0.3 is 14.9 Å². The topological polar surface area (TPSA) is 52.9 Å². The Labute approximate surface area is 160 Å². The zero-order chi connectivity index (χ0) is 18.6. The summed E-state index contributed by atoms with van der Waals surface area (Å²) in [6.45, 7) is 4.72. The molecule has 1 aliphatic heterocycles. The minimum Gasteiger partial charge on any atom is -0.508 e. The molecule has 0 radical (unpaired) electrons. The lowest BCUT2D eigenvalue weighted by molar-refractivity contribution is -0.0168. The van der Waals surface area contributed by atoms with Gasteiger partial charge in [-0.1, -0.05) is 29.8 Å². The molecule has 5 heteroatoms. The molecule has 26 heavy (non-hydrogen) atoms. The normalized spacial score (nSPS) is 21.3. The van der Waals surface area contributed by atoms with Gasteiger partial charge in [0.2, 0.25) is 0 Å². The van der Waals surface area contributed by atoms with Gasteiger partial charge in [-0.15, -0.1) is 0 Å². The Morgan fingerprint density at radius 3 is 2.81 bits per heavy atom. The minimum atomic E-state index is -0.847. The Morgan fingerprint density at radius 2 is 2.00 bits per heavy atom. The number of aryl methyl sites for hydroxylation is 1. The smallest absolute Gasteiger partial charge is 0.138 e. The number of halogens is 1. The predicted molar refractivity (Wildman–Crippen MR) is 104 cm³/mol. The van der Waals surface area contributed by atoms with E-state index >= 15 is 0 Å². The summed E-state index contributed by atoms with van der Waals surface area (Å²) in [5.41, 5.74) is 1.31. The van der Waals surface area contributed by atoms with Crippen LogP contribution in [0, 0.1) is 6.92 Å². The lowest BCUT2D eigenvalue weighted by atomic mass is 9.96. The number of nitrogens with zero attached hydrogens (tertiary/aromatic N) is 1. The van der Waals surface area contributed by atoms with E-state index in [1.165, 1.54) is 0 Å². The zero-order valence-corrected chi connectivity index (χ0v) is 15.9. The molecule has 140 valence electrons. The Bertz CT molecular complexity index is 752. The summed E-state index contributed by atoms with van der Waals surface area (Å²) in [5.74, 6) is 0.915. The molecule has 0 amide bonds. The first-order valence-corrected chi connectivity index (χ1v) is 9.43. The van der Waals surface area contributed by atoms with Crippen LogP contribution in [0.5, 0.6) is 11.5 Å². The number of likely N-dealkylation sites (tertiary alicyclic amines) is 1. The van der Waals surface area contributed by atoms with Gasteiger partial charge in [-0.05, 0) is 68.1 Å². The highest BCUT2D eigenvalue weighted by molar-refractivity contribution is 6.32. The summed E-state index contributed by atoms with van der Waals surface area (Å²) in [6.07, 6.45) is 2.25. The molecular formula is C21H26ClNO3. The maximum absolute atomic E-state index is 11.0. The number of hydrogen-bond acceptors (Lipinski definition) is 4. The predicted octanol–water partition coefficient (Wildman–Crippen LogP) is 4.15. The lowest BCUT2D eigenvalue weighted by Crippen LogP contribution is -2.37. The number of ether oxygens (including phenoxy) is 1. The number of phenolic OH excluding ortho intramolecular Hbond substituents is 1. The van der Waals surface area contributed by atoms with E-state index in [-0.39, 0.29) is 12.4 Å². The maximum Gasteiger partial charge on any atom is 0.138 e. The third-order valence-electron chi connectivity index (χ3n) is 4.91. The second-order valence-electron chi connectivity index (χ2n) is 7.25. The van der Waals surface area contributed by atoms with Crippen LogP contribution in [0.25, 0.3) is 0 Å². The average Bonchev–Trinajstić information content (AvgIpc) is 2.78. The molecule has 0 aromatic heterocycles. The first-order valence-electron chi connectivity index (χ1n) is 9.05. The summed E-state index contributed by atoms with van der Waals surface area (Å²) < 4.78 is 5.85. The van der Waals surface area contributed by atoms with Crippen molar-refractivity contribution in [3.8, 4) is 11.5 Å². The molecule has 0 spiro atoms. The van der Waals surface area contributed by atoms with Gasteiger partial charge in [-0.2, -0.15) is 0 Å². The molecule has 0 bridgehead atoms. The fourth-order valence-electron chi connectivity index (χ4n) is 3.38. The van der Waals surface area contributed by atoms with Crippen LogP contribution in [0.2, 0.25) is 5.02 Å². The Hall–Kier alpha value is -1.75. The Balaban J connectivity index is 1.57. The van der Waals surface area contributed by atoms with Gasteiger partial charge in [-0.3, -0.25) is 4.90 Å². The number of benzene rings is 2. The molecule has 2 aromatic carbocycles. The van der Waals surface area contributed by atoms with Gasteiger partial charge in [0.15, 0.2) is 0 Å². The monoisotopic (exact) mass is 375 g/mol. The van der Waals surface area contributed by atoms with E-state index in [0.29, 0.717) is 23.6 Å². The van der Waals surface area contributed by atoms with E-state index in [4.69, 9.17) is 16.3 Å². The van der Waals surface area contributed by atoms with Crippen LogP contribution >= 0.6 is 11.6 Å². The average molecular weight is 376 g/mol. The van der Waals surface area contributed by atoms with Gasteiger partial charge in [0.1, 0.15) is 18.1 Å². The van der Waals surface area contributed by atoms with Gasteiger partial charge in [0, 0.05) is 13.1 Å². The van der Waals surface area contributed by atoms with Gasteiger partial charge in [-0.25, -0.2) is 0 Å². The molecule has 4 nitrogen and oxygen atoms in total. The molecule has 1 unspecified atom stereocenters. The van der Waals surface area contributed by atoms with Crippen molar-refractivity contribution in [1.29, 1.82) is 0 Å². The third-order valence-corrected chi connectivity index (χ3v) is 5.22.